The topological polar surface area (TPSA) is 46.9 Å². The zero-order valence-electron chi connectivity index (χ0n) is 11.2. The van der Waals surface area contributed by atoms with E-state index in [0.29, 0.717) is 6.42 Å². The molecule has 0 saturated carbocycles. The summed E-state index contributed by atoms with van der Waals surface area (Å²) in [6.07, 6.45) is 6.85. The van der Waals surface area contributed by atoms with Crippen LogP contribution in [0, 0.1) is 5.92 Å². The van der Waals surface area contributed by atoms with E-state index < -0.39 is 0 Å². The van der Waals surface area contributed by atoms with Gasteiger partial charge in [0.2, 0.25) is 0 Å². The van der Waals surface area contributed by atoms with Crippen LogP contribution in [-0.2, 0) is 6.54 Å². The summed E-state index contributed by atoms with van der Waals surface area (Å²) in [5, 5.41) is 7.56. The molecular weight excluding hydrogens is 226 g/mol. The number of carbonyl (C=O) groups excluding carboxylic acids is 1. The molecule has 0 aromatic carbocycles. The van der Waals surface area contributed by atoms with Gasteiger partial charge in [0.05, 0.1) is 0 Å². The van der Waals surface area contributed by atoms with Crippen molar-refractivity contribution in [2.24, 2.45) is 5.92 Å². The zero-order valence-corrected chi connectivity index (χ0v) is 11.2. The number of piperidine rings is 1. The number of rotatable bonds is 6. The summed E-state index contributed by atoms with van der Waals surface area (Å²) >= 11 is 0. The first-order chi connectivity index (χ1) is 8.81. The number of aryl methyl sites for hydroxylation is 1. The molecule has 0 bridgehead atoms. The Bertz CT molecular complexity index is 380. The molecule has 1 aliphatic heterocycles. The van der Waals surface area contributed by atoms with Gasteiger partial charge in [-0.3, -0.25) is 9.48 Å². The van der Waals surface area contributed by atoms with Crippen molar-refractivity contribution in [3.8, 4) is 0 Å². The largest absolute Gasteiger partial charge is 0.317 e. The van der Waals surface area contributed by atoms with Crippen LogP contribution in [0.5, 0.6) is 0 Å². The smallest absolute Gasteiger partial charge is 0.180 e. The number of nitrogens with zero attached hydrogens (tertiary/aromatic N) is 2. The maximum absolute atomic E-state index is 12.2. The Labute approximate surface area is 109 Å². The van der Waals surface area contributed by atoms with E-state index in [-0.39, 0.29) is 5.78 Å². The Hall–Kier alpha value is -1.16. The summed E-state index contributed by atoms with van der Waals surface area (Å²) in [4.78, 5) is 12.2. The zero-order chi connectivity index (χ0) is 12.8. The van der Waals surface area contributed by atoms with E-state index in [1.54, 1.807) is 6.20 Å². The Morgan fingerprint density at radius 2 is 2.28 bits per heavy atom. The number of Topliss-reactive ketones (excluding diaryl/α,β-unsaturated/α-hetero) is 1. The fourth-order valence-electron chi connectivity index (χ4n) is 2.59. The van der Waals surface area contributed by atoms with Gasteiger partial charge in [0.15, 0.2) is 5.78 Å². The van der Waals surface area contributed by atoms with Crippen molar-refractivity contribution >= 4 is 5.78 Å². The second kappa shape index (κ2) is 6.69. The van der Waals surface area contributed by atoms with Gasteiger partial charge >= 0.3 is 0 Å². The Balaban J connectivity index is 1.84. The molecule has 1 aliphatic rings. The number of aromatic nitrogens is 2. The lowest BCUT2D eigenvalue weighted by atomic mass is 9.92. The molecule has 0 spiro atoms. The van der Waals surface area contributed by atoms with Crippen molar-refractivity contribution in [1.82, 2.24) is 15.1 Å². The van der Waals surface area contributed by atoms with Crippen molar-refractivity contribution in [2.75, 3.05) is 13.1 Å². The highest BCUT2D eigenvalue weighted by Crippen LogP contribution is 2.19. The molecule has 0 amide bonds. The van der Waals surface area contributed by atoms with Gasteiger partial charge in [-0.25, -0.2) is 0 Å². The van der Waals surface area contributed by atoms with Crippen molar-refractivity contribution in [1.29, 1.82) is 0 Å². The summed E-state index contributed by atoms with van der Waals surface area (Å²) in [7, 11) is 0. The van der Waals surface area contributed by atoms with Gasteiger partial charge in [0, 0.05) is 19.2 Å². The van der Waals surface area contributed by atoms with Crippen molar-refractivity contribution in [2.45, 2.75) is 45.6 Å². The first-order valence-corrected chi connectivity index (χ1v) is 7.07. The fraction of sp³-hybridized carbons (Fsp3) is 0.714. The Morgan fingerprint density at radius 3 is 3.00 bits per heavy atom. The van der Waals surface area contributed by atoms with E-state index in [1.807, 2.05) is 10.7 Å². The third kappa shape index (κ3) is 3.42. The predicted molar refractivity (Wildman–Crippen MR) is 71.7 cm³/mol. The van der Waals surface area contributed by atoms with Crippen LogP contribution in [0.25, 0.3) is 0 Å². The van der Waals surface area contributed by atoms with Crippen LogP contribution >= 0.6 is 0 Å². The number of nitrogens with one attached hydrogen (secondary N) is 1. The van der Waals surface area contributed by atoms with Crippen LogP contribution in [0.2, 0.25) is 0 Å². The van der Waals surface area contributed by atoms with E-state index >= 15 is 0 Å². The predicted octanol–water partition coefficient (Wildman–Crippen LogP) is 2.26. The van der Waals surface area contributed by atoms with Gasteiger partial charge in [0.1, 0.15) is 5.69 Å². The molecule has 0 aliphatic carbocycles. The molecule has 0 radical (unpaired) electrons. The molecule has 100 valence electrons. The summed E-state index contributed by atoms with van der Waals surface area (Å²) in [6, 6.07) is 1.85. The number of ketones is 1. The number of hydrogen-bond donors (Lipinski definition) is 1. The van der Waals surface area contributed by atoms with Gasteiger partial charge < -0.3 is 5.32 Å². The minimum absolute atomic E-state index is 0.250. The molecule has 1 fully saturated rings. The van der Waals surface area contributed by atoms with Crippen LogP contribution < -0.4 is 5.32 Å². The third-order valence-electron chi connectivity index (χ3n) is 3.68. The Kier molecular flexibility index (Phi) is 4.93. The molecule has 0 atom stereocenters. The minimum Gasteiger partial charge on any atom is -0.317 e. The van der Waals surface area contributed by atoms with Gasteiger partial charge in [0.25, 0.3) is 0 Å². The van der Waals surface area contributed by atoms with E-state index in [4.69, 9.17) is 0 Å². The first-order valence-electron chi connectivity index (χ1n) is 7.07. The molecule has 0 unspecified atom stereocenters. The second-order valence-electron chi connectivity index (χ2n) is 5.09. The second-order valence-corrected chi connectivity index (χ2v) is 5.09. The van der Waals surface area contributed by atoms with E-state index in [0.717, 1.165) is 44.1 Å². The molecule has 2 heterocycles. The monoisotopic (exact) mass is 249 g/mol. The fourth-order valence-corrected chi connectivity index (χ4v) is 2.59. The highest BCUT2D eigenvalue weighted by Gasteiger charge is 2.17. The third-order valence-corrected chi connectivity index (χ3v) is 3.68. The van der Waals surface area contributed by atoms with Crippen LogP contribution in [-0.4, -0.2) is 28.7 Å². The standard InChI is InChI=1S/C14H23N3O/c1-2-11-17-13(7-10-16-17)14(18)4-3-12-5-8-15-9-6-12/h7,10,12,15H,2-6,8-9,11H2,1H3. The SMILES string of the molecule is CCCn1nccc1C(=O)CCC1CCNCC1. The lowest BCUT2D eigenvalue weighted by molar-refractivity contribution is 0.0960. The van der Waals surface area contributed by atoms with E-state index in [9.17, 15) is 4.79 Å². The van der Waals surface area contributed by atoms with Gasteiger partial charge in [-0.05, 0) is 50.8 Å². The van der Waals surface area contributed by atoms with Crippen LogP contribution in [0.1, 0.15) is 49.5 Å². The lowest BCUT2D eigenvalue weighted by Crippen LogP contribution is -2.28. The summed E-state index contributed by atoms with van der Waals surface area (Å²) < 4.78 is 1.84. The first kappa shape index (κ1) is 13.3. The average molecular weight is 249 g/mol. The van der Waals surface area contributed by atoms with Gasteiger partial charge in [-0.1, -0.05) is 6.92 Å². The molecule has 18 heavy (non-hydrogen) atoms. The summed E-state index contributed by atoms with van der Waals surface area (Å²) in [6.45, 7) is 5.14. The number of carbonyl (C=O) groups is 1. The molecule has 4 nitrogen and oxygen atoms in total. The maximum Gasteiger partial charge on any atom is 0.180 e. The van der Waals surface area contributed by atoms with E-state index in [1.165, 1.54) is 12.8 Å². The van der Waals surface area contributed by atoms with Crippen LogP contribution in [0.15, 0.2) is 12.3 Å². The Morgan fingerprint density at radius 1 is 1.50 bits per heavy atom. The van der Waals surface area contributed by atoms with Crippen LogP contribution in [0.4, 0.5) is 0 Å². The normalized spacial score (nSPS) is 16.9. The maximum atomic E-state index is 12.2. The van der Waals surface area contributed by atoms with E-state index in [2.05, 4.69) is 17.3 Å². The summed E-state index contributed by atoms with van der Waals surface area (Å²) in [5.41, 5.74) is 0.783. The highest BCUT2D eigenvalue weighted by atomic mass is 16.1. The number of hydrogen-bond acceptors (Lipinski definition) is 3. The molecule has 4 heteroatoms. The molecular formula is C14H23N3O. The highest BCUT2D eigenvalue weighted by molar-refractivity contribution is 5.94. The summed E-state index contributed by atoms with van der Waals surface area (Å²) in [5.74, 6) is 0.970. The van der Waals surface area contributed by atoms with Gasteiger partial charge in [-0.2, -0.15) is 5.10 Å². The van der Waals surface area contributed by atoms with Gasteiger partial charge in [-0.15, -0.1) is 0 Å². The molecule has 1 saturated heterocycles. The minimum atomic E-state index is 0.250. The van der Waals surface area contributed by atoms with Crippen molar-refractivity contribution in [3.05, 3.63) is 18.0 Å². The molecule has 1 N–H and O–H groups in total. The molecule has 2 rings (SSSR count). The van der Waals surface area contributed by atoms with Crippen molar-refractivity contribution in [3.63, 3.8) is 0 Å². The molecule has 1 aromatic heterocycles. The average Bonchev–Trinajstić information content (AvgIpc) is 2.86. The quantitative estimate of drug-likeness (QED) is 0.787. The lowest BCUT2D eigenvalue weighted by Gasteiger charge is -2.22. The molecule has 1 aromatic rings. The van der Waals surface area contributed by atoms with Crippen LogP contribution in [0.3, 0.4) is 0 Å². The van der Waals surface area contributed by atoms with Crippen molar-refractivity contribution < 1.29 is 4.79 Å².